The summed E-state index contributed by atoms with van der Waals surface area (Å²) < 4.78 is 45.5. The number of nitrogens with zero attached hydrogens (tertiary/aromatic N) is 2. The van der Waals surface area contributed by atoms with Crippen LogP contribution in [0.5, 0.6) is 0 Å². The van der Waals surface area contributed by atoms with Crippen molar-refractivity contribution >= 4 is 23.1 Å². The van der Waals surface area contributed by atoms with Crippen LogP contribution in [-0.2, 0) is 4.79 Å². The number of ketones is 1. The summed E-state index contributed by atoms with van der Waals surface area (Å²) in [4.78, 5) is 27.0. The maximum absolute atomic E-state index is 13.8. The normalized spacial score (nSPS) is 15.0. The van der Waals surface area contributed by atoms with Gasteiger partial charge in [-0.3, -0.25) is 4.79 Å². The van der Waals surface area contributed by atoms with Crippen molar-refractivity contribution in [3.05, 3.63) is 59.4 Å². The highest BCUT2D eigenvalue weighted by molar-refractivity contribution is 7.17. The third-order valence-electron chi connectivity index (χ3n) is 4.21. The van der Waals surface area contributed by atoms with Crippen LogP contribution in [0.2, 0.25) is 0 Å². The summed E-state index contributed by atoms with van der Waals surface area (Å²) in [7, 11) is 2.10. The number of carbonyl (C=O) groups is 2. The van der Waals surface area contributed by atoms with Crippen LogP contribution in [0.15, 0.2) is 48.7 Å². The van der Waals surface area contributed by atoms with Crippen molar-refractivity contribution < 1.29 is 32.3 Å². The third-order valence-corrected chi connectivity index (χ3v) is 5.34. The van der Waals surface area contributed by atoms with E-state index < -0.39 is 12.1 Å². The molecule has 1 saturated heterocycles. The van der Waals surface area contributed by atoms with E-state index in [2.05, 4.69) is 16.8 Å². The molecule has 1 aliphatic rings. The molecule has 0 aliphatic carbocycles. The Morgan fingerprint density at radius 2 is 1.67 bits per heavy atom. The van der Waals surface area contributed by atoms with E-state index in [-0.39, 0.29) is 11.6 Å². The highest BCUT2D eigenvalue weighted by Crippen LogP contribution is 2.30. The molecule has 1 aliphatic heterocycles. The second kappa shape index (κ2) is 10.4. The minimum Gasteiger partial charge on any atom is -0.475 e. The smallest absolute Gasteiger partial charge is 0.475 e. The van der Waals surface area contributed by atoms with Gasteiger partial charge in [0.1, 0.15) is 5.82 Å². The Hall–Kier alpha value is -2.72. The van der Waals surface area contributed by atoms with Crippen LogP contribution in [0.1, 0.15) is 9.67 Å². The number of thiophene rings is 1. The first kappa shape index (κ1) is 23.6. The maximum atomic E-state index is 13.8. The standard InChI is InChI=1S/C18H19FN2OS.C2HF3O2/c1-20-10-12-21(13-11-20)9-8-16(22)18-7-6-17(23-18)14-4-2-3-5-15(14)19;3-2(4,5)1(6)7/h2-9H,10-13H2,1H3;(H,6,7). The van der Waals surface area contributed by atoms with E-state index in [0.29, 0.717) is 10.4 Å². The lowest BCUT2D eigenvalue weighted by Crippen LogP contribution is -2.41. The Bertz CT molecular complexity index is 903. The molecule has 1 N–H and O–H groups in total. The quantitative estimate of drug-likeness (QED) is 0.437. The average Bonchev–Trinajstić information content (AvgIpc) is 3.17. The zero-order valence-corrected chi connectivity index (χ0v) is 16.8. The molecular formula is C20H20F4N2O3S. The summed E-state index contributed by atoms with van der Waals surface area (Å²) in [5.74, 6) is -3.05. The first-order valence-electron chi connectivity index (χ1n) is 8.88. The molecular weight excluding hydrogens is 424 g/mol. The topological polar surface area (TPSA) is 60.9 Å². The van der Waals surface area contributed by atoms with Crippen molar-refractivity contribution in [1.82, 2.24) is 9.80 Å². The van der Waals surface area contributed by atoms with E-state index in [1.165, 1.54) is 17.4 Å². The summed E-state index contributed by atoms with van der Waals surface area (Å²) in [6, 6.07) is 10.2. The minimum absolute atomic E-state index is 0.0310. The van der Waals surface area contributed by atoms with Crippen LogP contribution < -0.4 is 0 Å². The highest BCUT2D eigenvalue weighted by Gasteiger charge is 2.38. The van der Waals surface area contributed by atoms with E-state index in [1.54, 1.807) is 36.4 Å². The van der Waals surface area contributed by atoms with Crippen LogP contribution in [0.4, 0.5) is 17.6 Å². The fourth-order valence-electron chi connectivity index (χ4n) is 2.50. The molecule has 1 fully saturated rings. The number of alkyl halides is 3. The maximum Gasteiger partial charge on any atom is 0.490 e. The molecule has 0 spiro atoms. The number of carbonyl (C=O) groups excluding carboxylic acids is 1. The van der Waals surface area contributed by atoms with Gasteiger partial charge in [-0.1, -0.05) is 18.2 Å². The van der Waals surface area contributed by atoms with Gasteiger partial charge in [0.15, 0.2) is 5.78 Å². The average molecular weight is 444 g/mol. The Kier molecular flexibility index (Phi) is 8.13. The van der Waals surface area contributed by atoms with Crippen molar-refractivity contribution in [2.75, 3.05) is 33.2 Å². The molecule has 2 aromatic rings. The van der Waals surface area contributed by atoms with Gasteiger partial charge in [0.25, 0.3) is 0 Å². The number of piperazine rings is 1. The van der Waals surface area contributed by atoms with Crippen molar-refractivity contribution in [1.29, 1.82) is 0 Å². The number of hydrogen-bond acceptors (Lipinski definition) is 5. The number of benzene rings is 1. The molecule has 162 valence electrons. The summed E-state index contributed by atoms with van der Waals surface area (Å²) in [6.07, 6.45) is -1.60. The molecule has 2 heterocycles. The number of hydrogen-bond donors (Lipinski definition) is 1. The summed E-state index contributed by atoms with van der Waals surface area (Å²) >= 11 is 1.33. The van der Waals surface area contributed by atoms with Crippen LogP contribution in [0, 0.1) is 5.82 Å². The lowest BCUT2D eigenvalue weighted by Gasteiger charge is -2.31. The number of allylic oxidation sites excluding steroid dienone is 1. The van der Waals surface area contributed by atoms with Crippen LogP contribution in [0.25, 0.3) is 10.4 Å². The van der Waals surface area contributed by atoms with Crippen LogP contribution >= 0.6 is 11.3 Å². The molecule has 0 amide bonds. The molecule has 1 aromatic carbocycles. The predicted molar refractivity (Wildman–Crippen MR) is 106 cm³/mol. The van der Waals surface area contributed by atoms with Gasteiger partial charge in [-0.15, -0.1) is 11.3 Å². The van der Waals surface area contributed by atoms with Gasteiger partial charge in [-0.25, -0.2) is 9.18 Å². The molecule has 5 nitrogen and oxygen atoms in total. The molecule has 3 rings (SSSR count). The first-order valence-corrected chi connectivity index (χ1v) is 9.69. The Balaban J connectivity index is 0.000000396. The first-order chi connectivity index (χ1) is 14.1. The van der Waals surface area contributed by atoms with Crippen molar-refractivity contribution in [2.24, 2.45) is 0 Å². The Morgan fingerprint density at radius 1 is 1.07 bits per heavy atom. The zero-order chi connectivity index (χ0) is 22.3. The highest BCUT2D eigenvalue weighted by atomic mass is 32.1. The number of rotatable bonds is 4. The van der Waals surface area contributed by atoms with Gasteiger partial charge in [0.05, 0.1) is 4.88 Å². The van der Waals surface area contributed by atoms with E-state index in [0.717, 1.165) is 31.1 Å². The van der Waals surface area contributed by atoms with Crippen molar-refractivity contribution in [3.8, 4) is 10.4 Å². The second-order valence-electron chi connectivity index (χ2n) is 6.47. The largest absolute Gasteiger partial charge is 0.490 e. The molecule has 0 atom stereocenters. The van der Waals surface area contributed by atoms with Gasteiger partial charge < -0.3 is 14.9 Å². The fourth-order valence-corrected chi connectivity index (χ4v) is 3.46. The SMILES string of the molecule is CN1CCN(C=CC(=O)c2ccc(-c3ccccc3F)s2)CC1.O=C(O)C(F)(F)F. The molecule has 0 saturated carbocycles. The summed E-state index contributed by atoms with van der Waals surface area (Å²) in [5.41, 5.74) is 0.541. The van der Waals surface area contributed by atoms with E-state index in [4.69, 9.17) is 9.90 Å². The number of halogens is 4. The van der Waals surface area contributed by atoms with Gasteiger partial charge in [0.2, 0.25) is 0 Å². The van der Waals surface area contributed by atoms with Gasteiger partial charge in [-0.2, -0.15) is 13.2 Å². The number of carboxylic acids is 1. The summed E-state index contributed by atoms with van der Waals surface area (Å²) in [5, 5.41) is 7.12. The van der Waals surface area contributed by atoms with Crippen LogP contribution in [-0.4, -0.2) is 66.1 Å². The zero-order valence-electron chi connectivity index (χ0n) is 16.0. The minimum atomic E-state index is -5.08. The fraction of sp³-hybridized carbons (Fsp3) is 0.300. The molecule has 0 bridgehead atoms. The van der Waals surface area contributed by atoms with E-state index >= 15 is 0 Å². The number of likely N-dealkylation sites (N-methyl/N-ethyl adjacent to an activating group) is 1. The monoisotopic (exact) mass is 444 g/mol. The molecule has 0 unspecified atom stereocenters. The number of carboxylic acid groups (broad SMARTS) is 1. The molecule has 0 radical (unpaired) electrons. The van der Waals surface area contributed by atoms with Crippen molar-refractivity contribution in [3.63, 3.8) is 0 Å². The van der Waals surface area contributed by atoms with Gasteiger partial charge in [0, 0.05) is 48.9 Å². The van der Waals surface area contributed by atoms with Gasteiger partial charge >= 0.3 is 12.1 Å². The Labute approximate surface area is 174 Å². The van der Waals surface area contributed by atoms with Crippen molar-refractivity contribution in [2.45, 2.75) is 6.18 Å². The lowest BCUT2D eigenvalue weighted by atomic mass is 10.2. The van der Waals surface area contributed by atoms with E-state index in [1.807, 2.05) is 6.20 Å². The summed E-state index contributed by atoms with van der Waals surface area (Å²) in [6.45, 7) is 3.89. The van der Waals surface area contributed by atoms with Crippen LogP contribution in [0.3, 0.4) is 0 Å². The predicted octanol–water partition coefficient (Wildman–Crippen LogP) is 4.13. The molecule has 10 heteroatoms. The van der Waals surface area contributed by atoms with E-state index in [9.17, 15) is 22.4 Å². The second-order valence-corrected chi connectivity index (χ2v) is 7.55. The lowest BCUT2D eigenvalue weighted by molar-refractivity contribution is -0.192. The Morgan fingerprint density at radius 3 is 2.23 bits per heavy atom. The molecule has 30 heavy (non-hydrogen) atoms. The number of aliphatic carboxylic acids is 1. The van der Waals surface area contributed by atoms with Gasteiger partial charge in [-0.05, 0) is 25.2 Å². The third kappa shape index (κ3) is 6.96. The molecule has 1 aromatic heterocycles.